The highest BCUT2D eigenvalue weighted by molar-refractivity contribution is 7.94. The maximum Gasteiger partial charge on any atom is 0.343 e. The molecule has 0 atom stereocenters. The maximum absolute atomic E-state index is 13.4. The fourth-order valence-corrected chi connectivity index (χ4v) is 5.21. The summed E-state index contributed by atoms with van der Waals surface area (Å²) in [5.41, 5.74) is 2.42. The first kappa shape index (κ1) is 18.5. The van der Waals surface area contributed by atoms with E-state index >= 15 is 0 Å². The topological polar surface area (TPSA) is 76.2 Å². The molecule has 0 saturated heterocycles. The molecule has 2 amide bonds. The van der Waals surface area contributed by atoms with Crippen LogP contribution in [0.3, 0.4) is 0 Å². The first-order valence-corrected chi connectivity index (χ1v) is 10.8. The highest BCUT2D eigenvalue weighted by Gasteiger charge is 2.42. The van der Waals surface area contributed by atoms with Gasteiger partial charge in [-0.05, 0) is 48.9 Å². The summed E-state index contributed by atoms with van der Waals surface area (Å²) in [5.74, 6) is 1.25. The molecule has 0 saturated carbocycles. The van der Waals surface area contributed by atoms with Crippen LogP contribution in [-0.4, -0.2) is 21.2 Å². The molecule has 0 fully saturated rings. The lowest BCUT2D eigenvalue weighted by molar-refractivity contribution is 0.174. The Kier molecular flexibility index (Phi) is 4.18. The van der Waals surface area contributed by atoms with Crippen molar-refractivity contribution in [3.63, 3.8) is 0 Å². The summed E-state index contributed by atoms with van der Waals surface area (Å²) in [6.07, 6.45) is 0. The van der Waals surface area contributed by atoms with Gasteiger partial charge in [0.05, 0.1) is 17.9 Å². The van der Waals surface area contributed by atoms with Gasteiger partial charge < -0.3 is 9.47 Å². The van der Waals surface area contributed by atoms with Gasteiger partial charge in [0.2, 0.25) is 6.79 Å². The van der Waals surface area contributed by atoms with Gasteiger partial charge in [0.25, 0.3) is 10.0 Å². The second kappa shape index (κ2) is 6.77. The van der Waals surface area contributed by atoms with Crippen molar-refractivity contribution < 1.29 is 22.7 Å². The number of nitrogens with zero attached hydrogens (tertiary/aromatic N) is 2. The highest BCUT2D eigenvalue weighted by Crippen LogP contribution is 2.39. The minimum absolute atomic E-state index is 0.0888. The lowest BCUT2D eigenvalue weighted by atomic mass is 10.1. The average Bonchev–Trinajstić information content (AvgIpc) is 3.20. The zero-order valence-corrected chi connectivity index (χ0v) is 16.9. The lowest BCUT2D eigenvalue weighted by Crippen LogP contribution is -2.50. The number of sulfonamides is 1. The standard InChI is InChI=1S/C22H18N2O5S/c1-15-6-9-17(10-7-15)24-22(25)23(18-4-2-3-5-21(18)30(24,26)27)13-16-8-11-19-20(12-16)29-14-28-19/h2-12H,13-14H2,1H3. The molecule has 0 N–H and O–H groups in total. The van der Waals surface area contributed by atoms with Gasteiger partial charge >= 0.3 is 6.03 Å². The van der Waals surface area contributed by atoms with Crippen LogP contribution in [0.25, 0.3) is 0 Å². The molecule has 2 aliphatic rings. The number of carbonyl (C=O) groups is 1. The van der Waals surface area contributed by atoms with Crippen LogP contribution in [0.15, 0.2) is 71.6 Å². The van der Waals surface area contributed by atoms with Crippen LogP contribution in [0.1, 0.15) is 11.1 Å². The Morgan fingerprint density at radius 3 is 2.47 bits per heavy atom. The Morgan fingerprint density at radius 2 is 1.67 bits per heavy atom. The van der Waals surface area contributed by atoms with Crippen molar-refractivity contribution in [1.29, 1.82) is 0 Å². The predicted molar refractivity (Wildman–Crippen MR) is 111 cm³/mol. The molecule has 3 aromatic rings. The smallest absolute Gasteiger partial charge is 0.343 e. The third-order valence-corrected chi connectivity index (χ3v) is 6.87. The van der Waals surface area contributed by atoms with Crippen LogP contribution in [0.2, 0.25) is 0 Å². The van der Waals surface area contributed by atoms with E-state index in [1.54, 1.807) is 54.6 Å². The Balaban J connectivity index is 1.61. The molecule has 8 heteroatoms. The van der Waals surface area contributed by atoms with Gasteiger partial charge in [0.1, 0.15) is 4.90 Å². The largest absolute Gasteiger partial charge is 0.454 e. The van der Waals surface area contributed by atoms with Crippen molar-refractivity contribution in [2.75, 3.05) is 16.0 Å². The van der Waals surface area contributed by atoms with Crippen LogP contribution in [0, 0.1) is 6.92 Å². The first-order chi connectivity index (χ1) is 14.4. The number of amides is 2. The van der Waals surface area contributed by atoms with E-state index in [0.717, 1.165) is 15.4 Å². The van der Waals surface area contributed by atoms with Gasteiger partial charge in [-0.3, -0.25) is 4.90 Å². The number of rotatable bonds is 3. The number of fused-ring (bicyclic) bond motifs is 2. The van der Waals surface area contributed by atoms with Crippen LogP contribution >= 0.6 is 0 Å². The van der Waals surface area contributed by atoms with E-state index in [2.05, 4.69) is 0 Å². The van der Waals surface area contributed by atoms with E-state index in [-0.39, 0.29) is 18.2 Å². The van der Waals surface area contributed by atoms with Crippen LogP contribution in [0.4, 0.5) is 16.2 Å². The molecule has 30 heavy (non-hydrogen) atoms. The summed E-state index contributed by atoms with van der Waals surface area (Å²) in [6.45, 7) is 2.24. The molecular formula is C22H18N2O5S. The quantitative estimate of drug-likeness (QED) is 0.636. The molecule has 2 heterocycles. The number of ether oxygens (including phenoxy) is 2. The van der Waals surface area contributed by atoms with Crippen molar-refractivity contribution >= 4 is 27.4 Å². The van der Waals surface area contributed by atoms with Gasteiger partial charge in [-0.15, -0.1) is 0 Å². The maximum atomic E-state index is 13.4. The highest BCUT2D eigenvalue weighted by atomic mass is 32.2. The summed E-state index contributed by atoms with van der Waals surface area (Å²) in [6, 6.07) is 18.2. The molecule has 0 unspecified atom stereocenters. The van der Waals surface area contributed by atoms with Crippen LogP contribution in [-0.2, 0) is 16.6 Å². The van der Waals surface area contributed by atoms with E-state index in [4.69, 9.17) is 9.47 Å². The first-order valence-electron chi connectivity index (χ1n) is 9.36. The summed E-state index contributed by atoms with van der Waals surface area (Å²) >= 11 is 0. The summed E-state index contributed by atoms with van der Waals surface area (Å²) in [7, 11) is -4.04. The Morgan fingerprint density at radius 1 is 0.933 bits per heavy atom. The molecule has 0 aliphatic carbocycles. The zero-order chi connectivity index (χ0) is 20.9. The zero-order valence-electron chi connectivity index (χ0n) is 16.1. The number of anilines is 2. The lowest BCUT2D eigenvalue weighted by Gasteiger charge is -2.36. The van der Waals surface area contributed by atoms with E-state index in [9.17, 15) is 13.2 Å². The van der Waals surface area contributed by atoms with Gasteiger partial charge in [0, 0.05) is 0 Å². The molecule has 7 nitrogen and oxygen atoms in total. The minimum atomic E-state index is -4.04. The van der Waals surface area contributed by atoms with Crippen LogP contribution < -0.4 is 18.7 Å². The fraction of sp³-hybridized carbons (Fsp3) is 0.136. The number of hydrogen-bond donors (Lipinski definition) is 0. The summed E-state index contributed by atoms with van der Waals surface area (Å²) in [4.78, 5) is 15.0. The van der Waals surface area contributed by atoms with Crippen molar-refractivity contribution in [3.05, 3.63) is 77.9 Å². The molecule has 0 aromatic heterocycles. The summed E-state index contributed by atoms with van der Waals surface area (Å²) < 4.78 is 38.2. The molecule has 0 bridgehead atoms. The fourth-order valence-electron chi connectivity index (χ4n) is 3.62. The van der Waals surface area contributed by atoms with Crippen molar-refractivity contribution in [3.8, 4) is 11.5 Å². The van der Waals surface area contributed by atoms with Crippen molar-refractivity contribution in [2.45, 2.75) is 18.4 Å². The third-order valence-electron chi connectivity index (χ3n) is 5.13. The Labute approximate surface area is 174 Å². The van der Waals surface area contributed by atoms with Gasteiger partial charge in [-0.1, -0.05) is 35.9 Å². The number of benzene rings is 3. The number of urea groups is 1. The predicted octanol–water partition coefficient (Wildman–Crippen LogP) is 4.06. The molecule has 152 valence electrons. The molecule has 0 spiro atoms. The van der Waals surface area contributed by atoms with Crippen molar-refractivity contribution in [2.24, 2.45) is 0 Å². The number of carbonyl (C=O) groups excluding carboxylic acids is 1. The SMILES string of the molecule is Cc1ccc(N2C(=O)N(Cc3ccc4c(c3)OCO4)c3ccccc3S2(=O)=O)cc1. The molecule has 0 radical (unpaired) electrons. The number of aryl methyl sites for hydroxylation is 1. The molecule has 5 rings (SSSR count). The normalized spacial score (nSPS) is 16.5. The number of para-hydroxylation sites is 1. The monoisotopic (exact) mass is 422 g/mol. The second-order valence-corrected chi connectivity index (χ2v) is 8.88. The third kappa shape index (κ3) is 2.88. The van der Waals surface area contributed by atoms with Crippen LogP contribution in [0.5, 0.6) is 11.5 Å². The molecule has 3 aromatic carbocycles. The van der Waals surface area contributed by atoms with Crippen molar-refractivity contribution in [1.82, 2.24) is 0 Å². The number of hydrogen-bond acceptors (Lipinski definition) is 5. The average molecular weight is 422 g/mol. The van der Waals surface area contributed by atoms with E-state index in [1.807, 2.05) is 13.0 Å². The van der Waals surface area contributed by atoms with E-state index in [0.29, 0.717) is 22.9 Å². The van der Waals surface area contributed by atoms with Gasteiger partial charge in [-0.2, -0.15) is 4.31 Å². The molecule has 2 aliphatic heterocycles. The minimum Gasteiger partial charge on any atom is -0.454 e. The van der Waals surface area contributed by atoms with Gasteiger partial charge in [0.15, 0.2) is 11.5 Å². The molecular weight excluding hydrogens is 404 g/mol. The Bertz CT molecular complexity index is 1250. The van der Waals surface area contributed by atoms with E-state index in [1.165, 1.54) is 11.0 Å². The summed E-state index contributed by atoms with van der Waals surface area (Å²) in [5, 5.41) is 0. The second-order valence-electron chi connectivity index (χ2n) is 7.13. The van der Waals surface area contributed by atoms with Gasteiger partial charge in [-0.25, -0.2) is 13.2 Å². The van der Waals surface area contributed by atoms with E-state index < -0.39 is 16.1 Å². The Hall–Kier alpha value is -3.52.